The minimum atomic E-state index is -1.60. The molecule has 1 amide bonds. The van der Waals surface area contributed by atoms with E-state index >= 15 is 0 Å². The third-order valence-corrected chi connectivity index (χ3v) is 6.82. The van der Waals surface area contributed by atoms with E-state index in [1.54, 1.807) is 29.3 Å². The van der Waals surface area contributed by atoms with E-state index in [0.717, 1.165) is 0 Å². The summed E-state index contributed by atoms with van der Waals surface area (Å²) in [6.45, 7) is 1.79. The molecule has 33 heavy (non-hydrogen) atoms. The number of aromatic nitrogens is 1. The van der Waals surface area contributed by atoms with E-state index < -0.39 is 11.6 Å². The first-order valence-corrected chi connectivity index (χ1v) is 11.1. The maximum atomic E-state index is 13.5. The lowest BCUT2D eigenvalue weighted by atomic mass is 10.00. The number of hydrogen-bond donors (Lipinski definition) is 1. The van der Waals surface area contributed by atoms with Gasteiger partial charge in [0, 0.05) is 30.8 Å². The summed E-state index contributed by atoms with van der Waals surface area (Å²) >= 11 is 12.4. The molecule has 7 nitrogen and oxygen atoms in total. The molecule has 2 aliphatic heterocycles. The lowest BCUT2D eigenvalue weighted by molar-refractivity contribution is -0.265. The average molecular weight is 492 g/mol. The Morgan fingerprint density at radius 1 is 1.24 bits per heavy atom. The Kier molecular flexibility index (Phi) is 5.88. The first-order chi connectivity index (χ1) is 15.9. The molecule has 0 unspecified atom stereocenters. The highest BCUT2D eigenvalue weighted by atomic mass is 35.5. The average Bonchev–Trinajstić information content (AvgIpc) is 3.35. The van der Waals surface area contributed by atoms with Crippen molar-refractivity contribution in [2.24, 2.45) is 0 Å². The van der Waals surface area contributed by atoms with Gasteiger partial charge in [0.2, 0.25) is 5.79 Å². The summed E-state index contributed by atoms with van der Waals surface area (Å²) in [5.41, 5.74) is 1.37. The number of carbonyl (C=O) groups is 1. The van der Waals surface area contributed by atoms with Crippen molar-refractivity contribution >= 4 is 29.1 Å². The lowest BCUT2D eigenvalue weighted by Crippen LogP contribution is -2.63. The van der Waals surface area contributed by atoms with E-state index in [0.29, 0.717) is 47.1 Å². The first-order valence-electron chi connectivity index (χ1n) is 10.4. The predicted molar refractivity (Wildman–Crippen MR) is 119 cm³/mol. The monoisotopic (exact) mass is 491 g/mol. The van der Waals surface area contributed by atoms with Crippen molar-refractivity contribution in [1.82, 2.24) is 14.8 Å². The normalized spacial score (nSPS) is 23.4. The number of rotatable bonds is 3. The Hall–Kier alpha value is -2.49. The fraction of sp³-hybridized carbons (Fsp3) is 0.304. The molecule has 0 bridgehead atoms. The van der Waals surface area contributed by atoms with E-state index in [1.807, 2.05) is 0 Å². The number of piperazine rings is 1. The fourth-order valence-corrected chi connectivity index (χ4v) is 4.80. The highest BCUT2D eigenvalue weighted by Crippen LogP contribution is 2.34. The number of carbonyl (C=O) groups excluding carboxylic acids is 1. The number of hydrogen-bond acceptors (Lipinski definition) is 6. The molecule has 172 valence electrons. The van der Waals surface area contributed by atoms with Crippen molar-refractivity contribution in [2.75, 3.05) is 32.8 Å². The second-order valence-corrected chi connectivity index (χ2v) is 8.92. The Morgan fingerprint density at radius 3 is 2.85 bits per heavy atom. The zero-order valence-corrected chi connectivity index (χ0v) is 18.9. The third kappa shape index (κ3) is 4.13. The largest absolute Gasteiger partial charge is 0.443 e. The summed E-state index contributed by atoms with van der Waals surface area (Å²) in [4.78, 5) is 21.0. The highest BCUT2D eigenvalue weighted by Gasteiger charge is 2.43. The Morgan fingerprint density at radius 2 is 2.09 bits per heavy atom. The number of amides is 1. The Balaban J connectivity index is 1.31. The van der Waals surface area contributed by atoms with Gasteiger partial charge in [0.05, 0.1) is 41.0 Å². The molecule has 0 spiro atoms. The van der Waals surface area contributed by atoms with Crippen LogP contribution in [0.25, 0.3) is 11.3 Å². The van der Waals surface area contributed by atoms with Crippen LogP contribution >= 0.6 is 23.2 Å². The summed E-state index contributed by atoms with van der Waals surface area (Å²) in [5, 5.41) is 11.3. The highest BCUT2D eigenvalue weighted by molar-refractivity contribution is 6.36. The van der Waals surface area contributed by atoms with Gasteiger partial charge in [-0.1, -0.05) is 35.3 Å². The van der Waals surface area contributed by atoms with Crippen LogP contribution in [0.1, 0.15) is 15.9 Å². The zero-order chi connectivity index (χ0) is 23.2. The lowest BCUT2D eigenvalue weighted by Gasteiger charge is -2.48. The number of oxazole rings is 1. The molecule has 0 radical (unpaired) electrons. The van der Waals surface area contributed by atoms with Crippen LogP contribution in [0.5, 0.6) is 0 Å². The van der Waals surface area contributed by atoms with Gasteiger partial charge < -0.3 is 19.2 Å². The first kappa shape index (κ1) is 22.3. The topological polar surface area (TPSA) is 79.0 Å². The molecule has 2 fully saturated rings. The van der Waals surface area contributed by atoms with Gasteiger partial charge in [0.25, 0.3) is 5.91 Å². The summed E-state index contributed by atoms with van der Waals surface area (Å²) in [6.07, 6.45) is 2.85. The van der Waals surface area contributed by atoms with Crippen LogP contribution in [0, 0.1) is 5.82 Å². The molecule has 0 saturated carbocycles. The maximum absolute atomic E-state index is 13.5. The smallest absolute Gasteiger partial charge is 0.255 e. The van der Waals surface area contributed by atoms with Gasteiger partial charge >= 0.3 is 0 Å². The molecule has 2 atom stereocenters. The van der Waals surface area contributed by atoms with Crippen LogP contribution in [-0.4, -0.2) is 64.6 Å². The van der Waals surface area contributed by atoms with Crippen LogP contribution in [0.4, 0.5) is 4.39 Å². The van der Waals surface area contributed by atoms with Crippen LogP contribution < -0.4 is 0 Å². The molecule has 2 saturated heterocycles. The van der Waals surface area contributed by atoms with Gasteiger partial charge in [-0.25, -0.2) is 9.37 Å². The number of benzene rings is 2. The summed E-state index contributed by atoms with van der Waals surface area (Å²) in [7, 11) is 0. The van der Waals surface area contributed by atoms with Gasteiger partial charge in [0.15, 0.2) is 12.2 Å². The number of nitrogens with zero attached hydrogens (tertiary/aromatic N) is 3. The van der Waals surface area contributed by atoms with Gasteiger partial charge in [-0.05, 0) is 24.3 Å². The van der Waals surface area contributed by atoms with Crippen molar-refractivity contribution in [1.29, 1.82) is 0 Å². The second-order valence-electron chi connectivity index (χ2n) is 8.13. The number of ether oxygens (including phenoxy) is 1. The van der Waals surface area contributed by atoms with Crippen LogP contribution in [0.15, 0.2) is 53.4 Å². The van der Waals surface area contributed by atoms with Crippen LogP contribution in [-0.2, 0) is 10.5 Å². The molecule has 3 heterocycles. The minimum Gasteiger partial charge on any atom is -0.443 e. The van der Waals surface area contributed by atoms with Gasteiger partial charge in [-0.3, -0.25) is 9.69 Å². The molecular weight excluding hydrogens is 472 g/mol. The molecule has 1 N–H and O–H groups in total. The van der Waals surface area contributed by atoms with E-state index in [9.17, 15) is 14.3 Å². The number of halogens is 3. The number of morpholine rings is 1. The van der Waals surface area contributed by atoms with E-state index in [-0.39, 0.29) is 30.1 Å². The third-order valence-electron chi connectivity index (χ3n) is 6.12. The van der Waals surface area contributed by atoms with E-state index in [1.165, 1.54) is 24.6 Å². The zero-order valence-electron chi connectivity index (χ0n) is 17.4. The molecular formula is C23H20Cl2FN3O4. The van der Waals surface area contributed by atoms with Crippen molar-refractivity contribution in [3.8, 4) is 11.3 Å². The van der Waals surface area contributed by atoms with E-state index in [4.69, 9.17) is 32.4 Å². The van der Waals surface area contributed by atoms with E-state index in [2.05, 4.69) is 9.88 Å². The van der Waals surface area contributed by atoms with Crippen molar-refractivity contribution in [3.63, 3.8) is 0 Å². The quantitative estimate of drug-likeness (QED) is 0.600. The fourth-order valence-electron chi connectivity index (χ4n) is 4.32. The Bertz CT molecular complexity index is 1190. The van der Waals surface area contributed by atoms with Crippen LogP contribution in [0.2, 0.25) is 10.0 Å². The Labute approximate surface area is 199 Å². The predicted octanol–water partition coefficient (Wildman–Crippen LogP) is 3.79. The molecule has 2 aliphatic rings. The molecule has 5 rings (SSSR count). The SMILES string of the molecule is O=C(c1cccc(-c2cnco2)c1Cl)N1CCN2C[C@@](O)(c3ccc(F)c(Cl)c3)OC[C@@H]2C1. The molecule has 1 aromatic heterocycles. The van der Waals surface area contributed by atoms with Gasteiger partial charge in [0.1, 0.15) is 5.82 Å². The van der Waals surface area contributed by atoms with Crippen molar-refractivity contribution in [3.05, 3.63) is 76.0 Å². The van der Waals surface area contributed by atoms with Gasteiger partial charge in [-0.15, -0.1) is 0 Å². The number of aliphatic hydroxyl groups is 1. The second kappa shape index (κ2) is 8.70. The standard InChI is InChI=1S/C23H20Cl2FN3O4/c24-18-8-14(4-5-19(18)26)23(31)12-29-7-6-28(10-15(29)11-33-23)22(30)17-3-1-2-16(21(17)25)20-9-27-13-32-20/h1-5,8-9,13,15,31H,6-7,10-12H2/t15-,23-/m0/s1. The summed E-state index contributed by atoms with van der Waals surface area (Å²) < 4.78 is 24.6. The molecule has 2 aromatic carbocycles. The van der Waals surface area contributed by atoms with Crippen molar-refractivity contribution < 1.29 is 23.4 Å². The van der Waals surface area contributed by atoms with Crippen molar-refractivity contribution in [2.45, 2.75) is 11.8 Å². The maximum Gasteiger partial charge on any atom is 0.255 e. The number of fused-ring (bicyclic) bond motifs is 1. The molecule has 10 heteroatoms. The summed E-state index contributed by atoms with van der Waals surface area (Å²) in [6, 6.07) is 9.16. The summed E-state index contributed by atoms with van der Waals surface area (Å²) in [5.74, 6) is -1.86. The minimum absolute atomic E-state index is 0.0773. The molecule has 0 aliphatic carbocycles. The molecule has 3 aromatic rings. The van der Waals surface area contributed by atoms with Gasteiger partial charge in [-0.2, -0.15) is 0 Å². The van der Waals surface area contributed by atoms with Crippen LogP contribution in [0.3, 0.4) is 0 Å².